The summed E-state index contributed by atoms with van der Waals surface area (Å²) < 4.78 is 0. The van der Waals surface area contributed by atoms with E-state index in [2.05, 4.69) is 43.3 Å². The first-order valence-corrected chi connectivity index (χ1v) is 6.48. The van der Waals surface area contributed by atoms with E-state index in [1.165, 1.54) is 11.1 Å². The van der Waals surface area contributed by atoms with Gasteiger partial charge >= 0.3 is 0 Å². The van der Waals surface area contributed by atoms with E-state index in [9.17, 15) is 5.11 Å². The second kappa shape index (κ2) is 5.26. The van der Waals surface area contributed by atoms with Crippen LogP contribution in [0, 0.1) is 13.8 Å². The smallest absolute Gasteiger partial charge is 0.121 e. The minimum Gasteiger partial charge on any atom is -0.507 e. The van der Waals surface area contributed by atoms with Gasteiger partial charge in [-0.15, -0.1) is 0 Å². The van der Waals surface area contributed by atoms with Crippen molar-refractivity contribution in [2.24, 2.45) is 0 Å². The van der Waals surface area contributed by atoms with Crippen LogP contribution in [-0.2, 0) is 0 Å². The zero-order valence-electron chi connectivity index (χ0n) is 11.3. The van der Waals surface area contributed by atoms with E-state index in [0.717, 1.165) is 17.5 Å². The van der Waals surface area contributed by atoms with Gasteiger partial charge in [0.25, 0.3) is 0 Å². The Bertz CT molecular complexity index is 506. The number of aryl methyl sites for hydroxylation is 2. The largest absolute Gasteiger partial charge is 0.507 e. The predicted molar refractivity (Wildman–Crippen MR) is 76.2 cm³/mol. The first-order chi connectivity index (χ1) is 8.63. The van der Waals surface area contributed by atoms with Gasteiger partial charge in [0.1, 0.15) is 5.75 Å². The van der Waals surface area contributed by atoms with Crippen LogP contribution in [-0.4, -0.2) is 5.11 Å². The summed E-state index contributed by atoms with van der Waals surface area (Å²) in [6.45, 7) is 6.13. The lowest BCUT2D eigenvalue weighted by Crippen LogP contribution is -2.00. The molecule has 94 valence electrons. The lowest BCUT2D eigenvalue weighted by molar-refractivity contribution is 0.466. The molecule has 0 saturated heterocycles. The van der Waals surface area contributed by atoms with E-state index in [0.29, 0.717) is 11.7 Å². The Morgan fingerprint density at radius 3 is 2.00 bits per heavy atom. The molecule has 0 bridgehead atoms. The van der Waals surface area contributed by atoms with Gasteiger partial charge in [0.15, 0.2) is 0 Å². The van der Waals surface area contributed by atoms with Crippen LogP contribution in [0.5, 0.6) is 5.75 Å². The molecule has 2 rings (SSSR count). The van der Waals surface area contributed by atoms with Crippen LogP contribution in [0.15, 0.2) is 42.5 Å². The first kappa shape index (κ1) is 12.7. The standard InChI is InChI=1S/C17H20O/c1-4-16(14-8-6-5-7-9-14)15-10-12(2)17(18)13(3)11-15/h5-11,16,18H,4H2,1-3H3. The molecular formula is C17H20O. The molecule has 2 aromatic rings. The van der Waals surface area contributed by atoms with Crippen molar-refractivity contribution in [2.45, 2.75) is 33.1 Å². The Morgan fingerprint density at radius 2 is 1.50 bits per heavy atom. The van der Waals surface area contributed by atoms with E-state index in [-0.39, 0.29) is 0 Å². The van der Waals surface area contributed by atoms with Gasteiger partial charge in [-0.2, -0.15) is 0 Å². The van der Waals surface area contributed by atoms with Crippen molar-refractivity contribution in [3.8, 4) is 5.75 Å². The summed E-state index contributed by atoms with van der Waals surface area (Å²) in [5.74, 6) is 0.825. The summed E-state index contributed by atoms with van der Waals surface area (Å²) in [5.41, 5.74) is 4.54. The lowest BCUT2D eigenvalue weighted by atomic mass is 9.87. The zero-order valence-corrected chi connectivity index (χ0v) is 11.3. The van der Waals surface area contributed by atoms with Gasteiger partial charge in [0.05, 0.1) is 0 Å². The van der Waals surface area contributed by atoms with Crippen LogP contribution in [0.3, 0.4) is 0 Å². The van der Waals surface area contributed by atoms with E-state index in [4.69, 9.17) is 0 Å². The highest BCUT2D eigenvalue weighted by Crippen LogP contribution is 2.32. The van der Waals surface area contributed by atoms with E-state index in [1.54, 1.807) is 0 Å². The molecular weight excluding hydrogens is 220 g/mol. The lowest BCUT2D eigenvalue weighted by Gasteiger charge is -2.18. The molecule has 0 amide bonds. The van der Waals surface area contributed by atoms with Crippen molar-refractivity contribution in [3.05, 3.63) is 64.7 Å². The molecule has 1 atom stereocenters. The highest BCUT2D eigenvalue weighted by molar-refractivity contribution is 5.45. The third-order valence-electron chi connectivity index (χ3n) is 3.53. The van der Waals surface area contributed by atoms with Crippen LogP contribution in [0.25, 0.3) is 0 Å². The predicted octanol–water partition coefficient (Wildman–Crippen LogP) is 4.55. The molecule has 1 N–H and O–H groups in total. The van der Waals surface area contributed by atoms with Crippen LogP contribution in [0.1, 0.15) is 41.5 Å². The van der Waals surface area contributed by atoms with Crippen molar-refractivity contribution in [1.82, 2.24) is 0 Å². The molecule has 2 aromatic carbocycles. The molecule has 0 saturated carbocycles. The fraction of sp³-hybridized carbons (Fsp3) is 0.294. The molecule has 0 aromatic heterocycles. The van der Waals surface area contributed by atoms with Gasteiger partial charge in [-0.25, -0.2) is 0 Å². The summed E-state index contributed by atoms with van der Waals surface area (Å²) in [6, 6.07) is 14.8. The highest BCUT2D eigenvalue weighted by Gasteiger charge is 2.14. The molecule has 0 heterocycles. The van der Waals surface area contributed by atoms with Gasteiger partial charge in [-0.05, 0) is 42.5 Å². The Labute approximate surface area is 109 Å². The Hall–Kier alpha value is -1.76. The van der Waals surface area contributed by atoms with Gasteiger partial charge in [0, 0.05) is 5.92 Å². The molecule has 0 radical (unpaired) electrons. The molecule has 0 aliphatic heterocycles. The number of hydrogen-bond donors (Lipinski definition) is 1. The summed E-state index contributed by atoms with van der Waals surface area (Å²) in [6.07, 6.45) is 1.06. The second-order valence-electron chi connectivity index (χ2n) is 4.87. The Kier molecular flexibility index (Phi) is 3.71. The summed E-state index contributed by atoms with van der Waals surface area (Å²) >= 11 is 0. The summed E-state index contributed by atoms with van der Waals surface area (Å²) in [5, 5.41) is 9.86. The monoisotopic (exact) mass is 240 g/mol. The number of phenolic OH excluding ortho intramolecular Hbond substituents is 1. The van der Waals surface area contributed by atoms with Crippen LogP contribution in [0.2, 0.25) is 0 Å². The zero-order chi connectivity index (χ0) is 13.1. The number of phenols is 1. The van der Waals surface area contributed by atoms with Crippen LogP contribution >= 0.6 is 0 Å². The Balaban J connectivity index is 2.46. The minimum absolute atomic E-state index is 0.407. The van der Waals surface area contributed by atoms with Crippen molar-refractivity contribution < 1.29 is 5.11 Å². The number of hydrogen-bond acceptors (Lipinski definition) is 1. The van der Waals surface area contributed by atoms with Gasteiger partial charge in [-0.1, -0.05) is 49.4 Å². The van der Waals surface area contributed by atoms with Gasteiger partial charge < -0.3 is 5.11 Å². The average molecular weight is 240 g/mol. The fourth-order valence-electron chi connectivity index (χ4n) is 2.54. The number of aromatic hydroxyl groups is 1. The minimum atomic E-state index is 0.407. The van der Waals surface area contributed by atoms with E-state index >= 15 is 0 Å². The van der Waals surface area contributed by atoms with Crippen LogP contribution in [0.4, 0.5) is 0 Å². The molecule has 1 nitrogen and oxygen atoms in total. The molecule has 0 spiro atoms. The molecule has 1 unspecified atom stereocenters. The first-order valence-electron chi connectivity index (χ1n) is 6.48. The third kappa shape index (κ3) is 2.40. The average Bonchev–Trinajstić information content (AvgIpc) is 2.38. The maximum Gasteiger partial charge on any atom is 0.121 e. The molecule has 1 heteroatoms. The number of benzene rings is 2. The quantitative estimate of drug-likeness (QED) is 0.834. The van der Waals surface area contributed by atoms with Crippen molar-refractivity contribution in [2.75, 3.05) is 0 Å². The van der Waals surface area contributed by atoms with Gasteiger partial charge in [0.2, 0.25) is 0 Å². The molecule has 0 aliphatic rings. The maximum absolute atomic E-state index is 9.86. The van der Waals surface area contributed by atoms with Gasteiger partial charge in [-0.3, -0.25) is 0 Å². The number of rotatable bonds is 3. The third-order valence-corrected chi connectivity index (χ3v) is 3.53. The summed E-state index contributed by atoms with van der Waals surface area (Å²) in [7, 11) is 0. The van der Waals surface area contributed by atoms with E-state index < -0.39 is 0 Å². The normalized spacial score (nSPS) is 12.4. The molecule has 0 aliphatic carbocycles. The molecule has 0 fully saturated rings. The van der Waals surface area contributed by atoms with Crippen molar-refractivity contribution in [3.63, 3.8) is 0 Å². The highest BCUT2D eigenvalue weighted by atomic mass is 16.3. The van der Waals surface area contributed by atoms with Crippen molar-refractivity contribution >= 4 is 0 Å². The maximum atomic E-state index is 9.86. The summed E-state index contributed by atoms with van der Waals surface area (Å²) in [4.78, 5) is 0. The fourth-order valence-corrected chi connectivity index (χ4v) is 2.54. The SMILES string of the molecule is CCC(c1ccccc1)c1cc(C)c(O)c(C)c1. The van der Waals surface area contributed by atoms with E-state index in [1.807, 2.05) is 19.9 Å². The Morgan fingerprint density at radius 1 is 0.944 bits per heavy atom. The van der Waals surface area contributed by atoms with Crippen molar-refractivity contribution in [1.29, 1.82) is 0 Å². The topological polar surface area (TPSA) is 20.2 Å². The second-order valence-corrected chi connectivity index (χ2v) is 4.87. The van der Waals surface area contributed by atoms with Crippen LogP contribution < -0.4 is 0 Å². The molecule has 18 heavy (non-hydrogen) atoms.